The zero-order valence-corrected chi connectivity index (χ0v) is 15.3. The second-order valence-corrected chi connectivity index (χ2v) is 6.11. The van der Waals surface area contributed by atoms with Gasteiger partial charge < -0.3 is 10.1 Å². The van der Waals surface area contributed by atoms with Gasteiger partial charge >= 0.3 is 0 Å². The molecule has 7 heteroatoms. The zero-order chi connectivity index (χ0) is 18.5. The first-order chi connectivity index (χ1) is 12.6. The van der Waals surface area contributed by atoms with Crippen LogP contribution in [-0.4, -0.2) is 27.5 Å². The molecule has 0 aliphatic heterocycles. The van der Waals surface area contributed by atoms with E-state index in [0.717, 1.165) is 17.0 Å². The van der Waals surface area contributed by atoms with E-state index >= 15 is 0 Å². The van der Waals surface area contributed by atoms with Crippen molar-refractivity contribution in [1.82, 2.24) is 20.3 Å². The van der Waals surface area contributed by atoms with Gasteiger partial charge in [0.25, 0.3) is 5.91 Å². The fourth-order valence-corrected chi connectivity index (χ4v) is 2.71. The van der Waals surface area contributed by atoms with Gasteiger partial charge in [0.2, 0.25) is 0 Å². The SMILES string of the molecule is CCOc1ccc(CNC(=O)c2nnn(-c3cccc(Cl)c3)c2C)cc1. The Morgan fingerprint density at radius 1 is 1.23 bits per heavy atom. The van der Waals surface area contributed by atoms with Gasteiger partial charge in [0.05, 0.1) is 18.0 Å². The molecule has 0 unspecified atom stereocenters. The number of carbonyl (C=O) groups excluding carboxylic acids is 1. The summed E-state index contributed by atoms with van der Waals surface area (Å²) in [5.74, 6) is 0.535. The van der Waals surface area contributed by atoms with Crippen LogP contribution < -0.4 is 10.1 Å². The van der Waals surface area contributed by atoms with Crippen molar-refractivity contribution in [2.45, 2.75) is 20.4 Å². The third-order valence-corrected chi connectivity index (χ3v) is 4.08. The summed E-state index contributed by atoms with van der Waals surface area (Å²) in [6, 6.07) is 14.8. The third kappa shape index (κ3) is 4.03. The fourth-order valence-electron chi connectivity index (χ4n) is 2.53. The maximum absolute atomic E-state index is 12.4. The minimum absolute atomic E-state index is 0.273. The Labute approximate surface area is 156 Å². The largest absolute Gasteiger partial charge is 0.494 e. The summed E-state index contributed by atoms with van der Waals surface area (Å²) in [7, 11) is 0. The molecule has 26 heavy (non-hydrogen) atoms. The van der Waals surface area contributed by atoms with E-state index in [1.54, 1.807) is 23.7 Å². The van der Waals surface area contributed by atoms with Gasteiger partial charge in [-0.1, -0.05) is 35.0 Å². The van der Waals surface area contributed by atoms with E-state index in [9.17, 15) is 4.79 Å². The third-order valence-electron chi connectivity index (χ3n) is 3.85. The van der Waals surface area contributed by atoms with Crippen molar-refractivity contribution in [1.29, 1.82) is 0 Å². The maximum atomic E-state index is 12.4. The molecule has 3 rings (SSSR count). The summed E-state index contributed by atoms with van der Waals surface area (Å²) in [5, 5.41) is 11.5. The van der Waals surface area contributed by atoms with Gasteiger partial charge in [-0.15, -0.1) is 5.10 Å². The lowest BCUT2D eigenvalue weighted by Crippen LogP contribution is -2.24. The van der Waals surface area contributed by atoms with Crippen LogP contribution in [0.1, 0.15) is 28.7 Å². The Bertz CT molecular complexity index is 906. The highest BCUT2D eigenvalue weighted by molar-refractivity contribution is 6.30. The van der Waals surface area contributed by atoms with Crippen LogP contribution in [0.15, 0.2) is 48.5 Å². The van der Waals surface area contributed by atoms with Crippen molar-refractivity contribution in [3.05, 3.63) is 70.5 Å². The molecule has 1 aromatic heterocycles. The van der Waals surface area contributed by atoms with Crippen LogP contribution in [0.25, 0.3) is 5.69 Å². The van der Waals surface area contributed by atoms with Gasteiger partial charge in [0, 0.05) is 11.6 Å². The fraction of sp³-hybridized carbons (Fsp3) is 0.211. The van der Waals surface area contributed by atoms with E-state index in [0.29, 0.717) is 23.9 Å². The predicted octanol–water partition coefficient (Wildman–Crippen LogP) is 3.56. The minimum atomic E-state index is -0.273. The Kier molecular flexibility index (Phi) is 5.53. The van der Waals surface area contributed by atoms with Gasteiger partial charge in [-0.3, -0.25) is 4.79 Å². The van der Waals surface area contributed by atoms with Crippen molar-refractivity contribution < 1.29 is 9.53 Å². The predicted molar refractivity (Wildman–Crippen MR) is 99.9 cm³/mol. The van der Waals surface area contributed by atoms with E-state index in [2.05, 4.69) is 15.6 Å². The summed E-state index contributed by atoms with van der Waals surface area (Å²) in [6.45, 7) is 4.76. The molecule has 3 aromatic rings. The number of amides is 1. The molecule has 0 bridgehead atoms. The lowest BCUT2D eigenvalue weighted by molar-refractivity contribution is 0.0945. The standard InChI is InChI=1S/C19H19ClN4O2/c1-3-26-17-9-7-14(8-10-17)12-21-19(25)18-13(2)24(23-22-18)16-6-4-5-15(20)11-16/h4-11H,3,12H2,1-2H3,(H,21,25). The quantitative estimate of drug-likeness (QED) is 0.720. The van der Waals surface area contributed by atoms with Crippen LogP contribution in [0, 0.1) is 6.92 Å². The summed E-state index contributed by atoms with van der Waals surface area (Å²) in [4.78, 5) is 12.4. The smallest absolute Gasteiger partial charge is 0.274 e. The Balaban J connectivity index is 1.68. The highest BCUT2D eigenvalue weighted by Crippen LogP contribution is 2.17. The highest BCUT2D eigenvalue weighted by atomic mass is 35.5. The van der Waals surface area contributed by atoms with Crippen molar-refractivity contribution in [3.8, 4) is 11.4 Å². The number of carbonyl (C=O) groups is 1. The molecule has 6 nitrogen and oxygen atoms in total. The van der Waals surface area contributed by atoms with E-state index in [1.165, 1.54) is 0 Å². The lowest BCUT2D eigenvalue weighted by Gasteiger charge is -2.07. The second kappa shape index (κ2) is 8.01. The summed E-state index contributed by atoms with van der Waals surface area (Å²) >= 11 is 6.02. The van der Waals surface area contributed by atoms with E-state index in [1.807, 2.05) is 43.3 Å². The number of hydrogen-bond acceptors (Lipinski definition) is 4. The molecule has 0 atom stereocenters. The van der Waals surface area contributed by atoms with Crippen molar-refractivity contribution in [2.24, 2.45) is 0 Å². The van der Waals surface area contributed by atoms with Gasteiger partial charge in [0.1, 0.15) is 5.75 Å². The molecule has 1 amide bonds. The molecule has 0 fully saturated rings. The number of halogens is 1. The average molecular weight is 371 g/mol. The molecule has 0 saturated heterocycles. The number of nitrogens with one attached hydrogen (secondary N) is 1. The molecule has 1 heterocycles. The maximum Gasteiger partial charge on any atom is 0.274 e. The summed E-state index contributed by atoms with van der Waals surface area (Å²) < 4.78 is 7.00. The number of aromatic nitrogens is 3. The van der Waals surface area contributed by atoms with Crippen LogP contribution in [0.2, 0.25) is 5.02 Å². The second-order valence-electron chi connectivity index (χ2n) is 5.67. The highest BCUT2D eigenvalue weighted by Gasteiger charge is 2.17. The number of nitrogens with zero attached hydrogens (tertiary/aromatic N) is 3. The van der Waals surface area contributed by atoms with Crippen LogP contribution in [-0.2, 0) is 6.54 Å². The van der Waals surface area contributed by atoms with Crippen LogP contribution in [0.4, 0.5) is 0 Å². The van der Waals surface area contributed by atoms with Crippen molar-refractivity contribution in [2.75, 3.05) is 6.61 Å². The molecule has 2 aromatic carbocycles. The molecule has 0 saturated carbocycles. The van der Waals surface area contributed by atoms with Crippen LogP contribution in [0.3, 0.4) is 0 Å². The van der Waals surface area contributed by atoms with Crippen molar-refractivity contribution in [3.63, 3.8) is 0 Å². The Morgan fingerprint density at radius 2 is 2.00 bits per heavy atom. The van der Waals surface area contributed by atoms with Crippen LogP contribution in [0.5, 0.6) is 5.75 Å². The summed E-state index contributed by atoms with van der Waals surface area (Å²) in [5.41, 5.74) is 2.67. The molecule has 134 valence electrons. The number of hydrogen-bond donors (Lipinski definition) is 1. The first-order valence-corrected chi connectivity index (χ1v) is 8.64. The minimum Gasteiger partial charge on any atom is -0.494 e. The normalized spacial score (nSPS) is 10.6. The first-order valence-electron chi connectivity index (χ1n) is 8.26. The molecular formula is C19H19ClN4O2. The van der Waals surface area contributed by atoms with E-state index < -0.39 is 0 Å². The topological polar surface area (TPSA) is 69.0 Å². The van der Waals surface area contributed by atoms with E-state index in [4.69, 9.17) is 16.3 Å². The van der Waals surface area contributed by atoms with Crippen molar-refractivity contribution >= 4 is 17.5 Å². The van der Waals surface area contributed by atoms with Gasteiger partial charge in [-0.05, 0) is 49.7 Å². The zero-order valence-electron chi connectivity index (χ0n) is 14.6. The Morgan fingerprint density at radius 3 is 2.69 bits per heavy atom. The monoisotopic (exact) mass is 370 g/mol. The van der Waals surface area contributed by atoms with E-state index in [-0.39, 0.29) is 11.6 Å². The number of rotatable bonds is 6. The van der Waals surface area contributed by atoms with Crippen LogP contribution >= 0.6 is 11.6 Å². The van der Waals surface area contributed by atoms with Gasteiger partial charge in [-0.2, -0.15) is 0 Å². The molecule has 0 aliphatic carbocycles. The Hall–Kier alpha value is -2.86. The molecule has 1 N–H and O–H groups in total. The average Bonchev–Trinajstić information content (AvgIpc) is 3.03. The molecule has 0 aliphatic rings. The lowest BCUT2D eigenvalue weighted by atomic mass is 10.2. The van der Waals surface area contributed by atoms with Gasteiger partial charge in [0.15, 0.2) is 5.69 Å². The summed E-state index contributed by atoms with van der Waals surface area (Å²) in [6.07, 6.45) is 0. The molecule has 0 radical (unpaired) electrons. The molecular weight excluding hydrogens is 352 g/mol. The van der Waals surface area contributed by atoms with Gasteiger partial charge in [-0.25, -0.2) is 4.68 Å². The number of ether oxygens (including phenoxy) is 1. The number of benzene rings is 2. The first kappa shape index (κ1) is 17.9. The molecule has 0 spiro atoms.